The van der Waals surface area contributed by atoms with Crippen molar-refractivity contribution in [1.29, 1.82) is 0 Å². The van der Waals surface area contributed by atoms with Crippen LogP contribution in [0.1, 0.15) is 21.5 Å². The number of H-pyrrole nitrogens is 1. The van der Waals surface area contributed by atoms with Gasteiger partial charge in [0.25, 0.3) is 5.91 Å². The molecule has 0 fully saturated rings. The number of hydrogen-bond donors (Lipinski definition) is 3. The Hall–Kier alpha value is -3.64. The maximum atomic E-state index is 13.1. The predicted octanol–water partition coefficient (Wildman–Crippen LogP) is 4.62. The van der Waals surface area contributed by atoms with E-state index in [0.29, 0.717) is 10.6 Å². The lowest BCUT2D eigenvalue weighted by atomic mass is 10.0. The van der Waals surface area contributed by atoms with Gasteiger partial charge < -0.3 is 15.6 Å². The van der Waals surface area contributed by atoms with E-state index in [0.717, 1.165) is 22.0 Å². The molecule has 1 atom stereocenters. The first-order chi connectivity index (χ1) is 15.5. The molecule has 5 nitrogen and oxygen atoms in total. The Labute approximate surface area is 189 Å². The highest BCUT2D eigenvalue weighted by Crippen LogP contribution is 2.20. The molecule has 0 aliphatic rings. The van der Waals surface area contributed by atoms with E-state index in [1.807, 2.05) is 30.5 Å². The van der Waals surface area contributed by atoms with E-state index in [1.165, 1.54) is 12.1 Å². The third-order valence-corrected chi connectivity index (χ3v) is 5.55. The van der Waals surface area contributed by atoms with Crippen molar-refractivity contribution in [3.05, 3.63) is 107 Å². The average Bonchev–Trinajstić information content (AvgIpc) is 3.21. The number of carbonyl (C=O) groups is 2. The number of aromatic nitrogens is 1. The lowest BCUT2D eigenvalue weighted by Crippen LogP contribution is -2.47. The molecule has 0 radical (unpaired) electrons. The standard InChI is InChI=1S/C25H21ClFN3O2/c26-21-7-3-1-6-20(21)24(31)30-23(13-17-15-28-22-8-4-2-5-19(17)22)25(32)29-14-16-9-11-18(27)12-10-16/h1-12,15,23,28H,13-14H2,(H,29,32)(H,30,31). The number of fused-ring (bicyclic) bond motifs is 1. The molecule has 1 unspecified atom stereocenters. The quantitative estimate of drug-likeness (QED) is 0.385. The van der Waals surface area contributed by atoms with Crippen LogP contribution in [0.2, 0.25) is 5.02 Å². The zero-order valence-electron chi connectivity index (χ0n) is 17.1. The number of halogens is 2. The van der Waals surface area contributed by atoms with Crippen LogP contribution in [0.4, 0.5) is 4.39 Å². The normalized spacial score (nSPS) is 11.8. The molecule has 32 heavy (non-hydrogen) atoms. The van der Waals surface area contributed by atoms with E-state index in [2.05, 4.69) is 15.6 Å². The fourth-order valence-corrected chi connectivity index (χ4v) is 3.75. The second-order valence-corrected chi connectivity index (χ2v) is 7.82. The molecule has 3 aromatic carbocycles. The molecule has 3 N–H and O–H groups in total. The van der Waals surface area contributed by atoms with E-state index in [-0.39, 0.29) is 24.7 Å². The zero-order valence-corrected chi connectivity index (χ0v) is 17.8. The largest absolute Gasteiger partial charge is 0.361 e. The number of aromatic amines is 1. The predicted molar refractivity (Wildman–Crippen MR) is 123 cm³/mol. The molecule has 1 heterocycles. The maximum Gasteiger partial charge on any atom is 0.253 e. The van der Waals surface area contributed by atoms with Crippen molar-refractivity contribution in [2.45, 2.75) is 19.0 Å². The van der Waals surface area contributed by atoms with Crippen molar-refractivity contribution in [3.8, 4) is 0 Å². The summed E-state index contributed by atoms with van der Waals surface area (Å²) in [6, 6.07) is 19.5. The molecule has 2 amide bonds. The molecular weight excluding hydrogens is 429 g/mol. The smallest absolute Gasteiger partial charge is 0.253 e. The molecule has 162 valence electrons. The molecule has 0 aliphatic carbocycles. The SMILES string of the molecule is O=C(NC(Cc1c[nH]c2ccccc12)C(=O)NCc1ccc(F)cc1)c1ccccc1Cl. The second-order valence-electron chi connectivity index (χ2n) is 7.41. The number of nitrogens with one attached hydrogen (secondary N) is 3. The van der Waals surface area contributed by atoms with E-state index in [4.69, 9.17) is 11.6 Å². The zero-order chi connectivity index (χ0) is 22.5. The van der Waals surface area contributed by atoms with Crippen LogP contribution < -0.4 is 10.6 Å². The molecule has 0 bridgehead atoms. The first kappa shape index (κ1) is 21.6. The van der Waals surface area contributed by atoms with Gasteiger partial charge in [-0.15, -0.1) is 0 Å². The topological polar surface area (TPSA) is 74.0 Å². The Morgan fingerprint density at radius 2 is 1.69 bits per heavy atom. The summed E-state index contributed by atoms with van der Waals surface area (Å²) in [6.07, 6.45) is 2.13. The molecule has 0 aliphatic heterocycles. The molecule has 0 saturated carbocycles. The van der Waals surface area contributed by atoms with Gasteiger partial charge in [-0.3, -0.25) is 9.59 Å². The number of amides is 2. The summed E-state index contributed by atoms with van der Waals surface area (Å²) in [7, 11) is 0. The lowest BCUT2D eigenvalue weighted by Gasteiger charge is -2.19. The Balaban J connectivity index is 1.55. The van der Waals surface area contributed by atoms with E-state index >= 15 is 0 Å². The van der Waals surface area contributed by atoms with Gasteiger partial charge in [-0.2, -0.15) is 0 Å². The lowest BCUT2D eigenvalue weighted by molar-refractivity contribution is -0.123. The van der Waals surface area contributed by atoms with Crippen molar-refractivity contribution >= 4 is 34.3 Å². The number of hydrogen-bond acceptors (Lipinski definition) is 2. The van der Waals surface area contributed by atoms with E-state index in [9.17, 15) is 14.0 Å². The molecule has 0 saturated heterocycles. The van der Waals surface area contributed by atoms with Crippen molar-refractivity contribution in [2.75, 3.05) is 0 Å². The molecular formula is C25H21ClFN3O2. The number of rotatable bonds is 7. The highest BCUT2D eigenvalue weighted by molar-refractivity contribution is 6.33. The van der Waals surface area contributed by atoms with Gasteiger partial charge in [-0.25, -0.2) is 4.39 Å². The molecule has 0 spiro atoms. The second kappa shape index (κ2) is 9.66. The minimum absolute atomic E-state index is 0.214. The minimum atomic E-state index is -0.835. The summed E-state index contributed by atoms with van der Waals surface area (Å²) in [6.45, 7) is 0.214. The monoisotopic (exact) mass is 449 g/mol. The third kappa shape index (κ3) is 4.98. The van der Waals surface area contributed by atoms with Gasteiger partial charge in [0.1, 0.15) is 11.9 Å². The summed E-state index contributed by atoms with van der Waals surface area (Å²) in [5.41, 5.74) is 2.90. The van der Waals surface area contributed by atoms with Crippen LogP contribution in [-0.2, 0) is 17.8 Å². The third-order valence-electron chi connectivity index (χ3n) is 5.22. The highest BCUT2D eigenvalue weighted by Gasteiger charge is 2.24. The Morgan fingerprint density at radius 1 is 0.969 bits per heavy atom. The maximum absolute atomic E-state index is 13.1. The minimum Gasteiger partial charge on any atom is -0.361 e. The van der Waals surface area contributed by atoms with Gasteiger partial charge in [0.05, 0.1) is 10.6 Å². The van der Waals surface area contributed by atoms with E-state index < -0.39 is 11.9 Å². The summed E-state index contributed by atoms with van der Waals surface area (Å²) in [4.78, 5) is 29.1. The van der Waals surface area contributed by atoms with Gasteiger partial charge in [0.15, 0.2) is 0 Å². The van der Waals surface area contributed by atoms with Crippen molar-refractivity contribution in [1.82, 2.24) is 15.6 Å². The van der Waals surface area contributed by atoms with Crippen LogP contribution in [0.3, 0.4) is 0 Å². The molecule has 7 heteroatoms. The Kier molecular flexibility index (Phi) is 6.52. The van der Waals surface area contributed by atoms with Crippen LogP contribution in [0.5, 0.6) is 0 Å². The van der Waals surface area contributed by atoms with Gasteiger partial charge in [-0.05, 0) is 41.5 Å². The highest BCUT2D eigenvalue weighted by atomic mass is 35.5. The van der Waals surface area contributed by atoms with Crippen molar-refractivity contribution in [2.24, 2.45) is 0 Å². The Bertz CT molecular complexity index is 1250. The molecule has 4 aromatic rings. The van der Waals surface area contributed by atoms with E-state index in [1.54, 1.807) is 36.4 Å². The molecule has 4 rings (SSSR count). The van der Waals surface area contributed by atoms with Crippen LogP contribution in [-0.4, -0.2) is 22.8 Å². The summed E-state index contributed by atoms with van der Waals surface area (Å²) < 4.78 is 13.1. The summed E-state index contributed by atoms with van der Waals surface area (Å²) in [5, 5.41) is 6.93. The number of para-hydroxylation sites is 1. The summed E-state index contributed by atoms with van der Waals surface area (Å²) in [5.74, 6) is -1.12. The van der Waals surface area contributed by atoms with Crippen LogP contribution in [0.15, 0.2) is 79.0 Å². The Morgan fingerprint density at radius 3 is 2.47 bits per heavy atom. The first-order valence-corrected chi connectivity index (χ1v) is 10.5. The fraction of sp³-hybridized carbons (Fsp3) is 0.120. The number of carbonyl (C=O) groups excluding carboxylic acids is 2. The first-order valence-electron chi connectivity index (χ1n) is 10.1. The average molecular weight is 450 g/mol. The summed E-state index contributed by atoms with van der Waals surface area (Å²) >= 11 is 6.16. The van der Waals surface area contributed by atoms with Gasteiger partial charge in [-0.1, -0.05) is 54.1 Å². The van der Waals surface area contributed by atoms with Crippen molar-refractivity contribution in [3.63, 3.8) is 0 Å². The molecule has 1 aromatic heterocycles. The fourth-order valence-electron chi connectivity index (χ4n) is 3.53. The van der Waals surface area contributed by atoms with Gasteiger partial charge >= 0.3 is 0 Å². The van der Waals surface area contributed by atoms with Crippen molar-refractivity contribution < 1.29 is 14.0 Å². The van der Waals surface area contributed by atoms with Crippen LogP contribution in [0, 0.1) is 5.82 Å². The van der Waals surface area contributed by atoms with Gasteiger partial charge in [0, 0.05) is 30.1 Å². The van der Waals surface area contributed by atoms with Crippen LogP contribution in [0.25, 0.3) is 10.9 Å². The van der Waals surface area contributed by atoms with Gasteiger partial charge in [0.2, 0.25) is 5.91 Å². The number of benzene rings is 3. The van der Waals surface area contributed by atoms with Crippen LogP contribution >= 0.6 is 11.6 Å².